The second-order valence-corrected chi connectivity index (χ2v) is 8.91. The van der Waals surface area contributed by atoms with Gasteiger partial charge >= 0.3 is 0 Å². The van der Waals surface area contributed by atoms with Crippen LogP contribution in [0, 0.1) is 13.8 Å². The van der Waals surface area contributed by atoms with Gasteiger partial charge in [0.1, 0.15) is 11.5 Å². The van der Waals surface area contributed by atoms with Crippen molar-refractivity contribution in [2.24, 2.45) is 0 Å². The van der Waals surface area contributed by atoms with Crippen LogP contribution in [0.2, 0.25) is 0 Å². The molecule has 30 heavy (non-hydrogen) atoms. The standard InChI is InChI=1S/C24H22N2O3S/c1-18-13-15-20(16-14-18)24-25-23(19(2)29-24)17-26(21-9-5-3-6-10-21)30(27,28)22-11-7-4-8-12-22/h3-16H,17H2,1-2H3. The van der Waals surface area contributed by atoms with Crippen molar-refractivity contribution in [2.75, 3.05) is 4.31 Å². The molecule has 0 fully saturated rings. The highest BCUT2D eigenvalue weighted by molar-refractivity contribution is 7.92. The van der Waals surface area contributed by atoms with E-state index >= 15 is 0 Å². The minimum Gasteiger partial charge on any atom is -0.441 e. The Labute approximate surface area is 176 Å². The Bertz CT molecular complexity index is 1230. The van der Waals surface area contributed by atoms with Crippen LogP contribution in [0.15, 0.2) is 94.2 Å². The van der Waals surface area contributed by atoms with Gasteiger partial charge in [0.2, 0.25) is 5.89 Å². The van der Waals surface area contributed by atoms with Gasteiger partial charge in [0.15, 0.2) is 0 Å². The van der Waals surface area contributed by atoms with Crippen LogP contribution in [0.3, 0.4) is 0 Å². The van der Waals surface area contributed by atoms with Gasteiger partial charge in [-0.1, -0.05) is 54.1 Å². The number of sulfonamides is 1. The maximum atomic E-state index is 13.4. The average molecular weight is 419 g/mol. The summed E-state index contributed by atoms with van der Waals surface area (Å²) in [6.45, 7) is 3.89. The van der Waals surface area contributed by atoms with E-state index in [9.17, 15) is 8.42 Å². The fourth-order valence-electron chi connectivity index (χ4n) is 3.16. The molecule has 152 valence electrons. The average Bonchev–Trinajstić information content (AvgIpc) is 3.14. The number of nitrogens with zero attached hydrogens (tertiary/aromatic N) is 2. The highest BCUT2D eigenvalue weighted by Crippen LogP contribution is 2.28. The van der Waals surface area contributed by atoms with E-state index < -0.39 is 10.0 Å². The first-order chi connectivity index (χ1) is 14.4. The van der Waals surface area contributed by atoms with Crippen molar-refractivity contribution in [1.29, 1.82) is 0 Å². The number of hydrogen-bond acceptors (Lipinski definition) is 4. The fourth-order valence-corrected chi connectivity index (χ4v) is 4.61. The lowest BCUT2D eigenvalue weighted by atomic mass is 10.1. The molecule has 0 aliphatic carbocycles. The summed E-state index contributed by atoms with van der Waals surface area (Å²) in [6.07, 6.45) is 0. The van der Waals surface area contributed by atoms with Gasteiger partial charge in [-0.2, -0.15) is 0 Å². The predicted molar refractivity (Wildman–Crippen MR) is 118 cm³/mol. The second-order valence-electron chi connectivity index (χ2n) is 7.05. The molecule has 3 aromatic carbocycles. The molecule has 0 atom stereocenters. The summed E-state index contributed by atoms with van der Waals surface area (Å²) in [4.78, 5) is 4.84. The molecule has 0 aliphatic heterocycles. The number of para-hydroxylation sites is 1. The van der Waals surface area contributed by atoms with Crippen molar-refractivity contribution in [3.8, 4) is 11.5 Å². The minimum absolute atomic E-state index is 0.0719. The fraction of sp³-hybridized carbons (Fsp3) is 0.125. The molecule has 0 saturated heterocycles. The molecule has 0 spiro atoms. The summed E-state index contributed by atoms with van der Waals surface area (Å²) >= 11 is 0. The first-order valence-corrected chi connectivity index (χ1v) is 11.1. The molecule has 4 aromatic rings. The quantitative estimate of drug-likeness (QED) is 0.423. The van der Waals surface area contributed by atoms with Crippen LogP contribution in [0.1, 0.15) is 17.0 Å². The largest absolute Gasteiger partial charge is 0.441 e. The number of aryl methyl sites for hydroxylation is 2. The number of anilines is 1. The van der Waals surface area contributed by atoms with Gasteiger partial charge in [0.25, 0.3) is 10.0 Å². The van der Waals surface area contributed by atoms with E-state index in [1.165, 1.54) is 4.31 Å². The molecule has 5 nitrogen and oxygen atoms in total. The van der Waals surface area contributed by atoms with E-state index in [1.54, 1.807) is 49.4 Å². The van der Waals surface area contributed by atoms with Gasteiger partial charge in [-0.15, -0.1) is 0 Å². The van der Waals surface area contributed by atoms with Crippen LogP contribution < -0.4 is 4.31 Å². The normalized spacial score (nSPS) is 11.4. The molecular weight excluding hydrogens is 396 g/mol. The third-order valence-corrected chi connectivity index (χ3v) is 6.65. The van der Waals surface area contributed by atoms with Gasteiger partial charge in [-0.05, 0) is 50.2 Å². The smallest absolute Gasteiger partial charge is 0.264 e. The lowest BCUT2D eigenvalue weighted by Crippen LogP contribution is -2.31. The van der Waals surface area contributed by atoms with Gasteiger partial charge in [0.05, 0.1) is 17.1 Å². The Balaban J connectivity index is 1.74. The van der Waals surface area contributed by atoms with Crippen molar-refractivity contribution < 1.29 is 12.8 Å². The number of hydrogen-bond donors (Lipinski definition) is 0. The van der Waals surface area contributed by atoms with Crippen LogP contribution in [0.4, 0.5) is 5.69 Å². The molecule has 0 radical (unpaired) electrons. The molecular formula is C24H22N2O3S. The van der Waals surface area contributed by atoms with Crippen molar-refractivity contribution in [1.82, 2.24) is 4.98 Å². The maximum absolute atomic E-state index is 13.4. The van der Waals surface area contributed by atoms with E-state index in [1.807, 2.05) is 49.4 Å². The van der Waals surface area contributed by atoms with Gasteiger partial charge in [-0.3, -0.25) is 4.31 Å². The Morgan fingerprint density at radius 3 is 2.07 bits per heavy atom. The van der Waals surface area contributed by atoms with E-state index in [2.05, 4.69) is 4.98 Å². The van der Waals surface area contributed by atoms with Crippen LogP contribution in [-0.4, -0.2) is 13.4 Å². The van der Waals surface area contributed by atoms with Crippen LogP contribution in [-0.2, 0) is 16.6 Å². The number of oxazole rings is 1. The van der Waals surface area contributed by atoms with Gasteiger partial charge in [-0.25, -0.2) is 13.4 Å². The first kappa shape index (κ1) is 19.9. The molecule has 6 heteroatoms. The Morgan fingerprint density at radius 2 is 1.43 bits per heavy atom. The monoisotopic (exact) mass is 418 g/mol. The lowest BCUT2D eigenvalue weighted by Gasteiger charge is -2.24. The lowest BCUT2D eigenvalue weighted by molar-refractivity contribution is 0.539. The number of rotatable bonds is 6. The first-order valence-electron chi connectivity index (χ1n) is 9.61. The SMILES string of the molecule is Cc1ccc(-c2nc(CN(c3ccccc3)S(=O)(=O)c3ccccc3)c(C)o2)cc1. The molecule has 4 rings (SSSR count). The highest BCUT2D eigenvalue weighted by atomic mass is 32.2. The van der Waals surface area contributed by atoms with Crippen molar-refractivity contribution >= 4 is 15.7 Å². The zero-order valence-electron chi connectivity index (χ0n) is 16.8. The third-order valence-electron chi connectivity index (χ3n) is 4.86. The van der Waals surface area contributed by atoms with E-state index in [0.29, 0.717) is 23.0 Å². The highest BCUT2D eigenvalue weighted by Gasteiger charge is 2.27. The predicted octanol–water partition coefficient (Wildman–Crippen LogP) is 5.35. The summed E-state index contributed by atoms with van der Waals surface area (Å²) in [6, 6.07) is 25.3. The van der Waals surface area contributed by atoms with E-state index in [4.69, 9.17) is 4.42 Å². The Morgan fingerprint density at radius 1 is 0.833 bits per heavy atom. The summed E-state index contributed by atoms with van der Waals surface area (Å²) < 4.78 is 34.1. The zero-order chi connectivity index (χ0) is 21.1. The molecule has 0 saturated carbocycles. The van der Waals surface area contributed by atoms with Crippen molar-refractivity contribution in [2.45, 2.75) is 25.3 Å². The summed E-state index contributed by atoms with van der Waals surface area (Å²) in [5.41, 5.74) is 3.15. The molecule has 1 heterocycles. The topological polar surface area (TPSA) is 63.4 Å². The van der Waals surface area contributed by atoms with E-state index in [0.717, 1.165) is 11.1 Å². The van der Waals surface area contributed by atoms with Gasteiger partial charge in [0, 0.05) is 5.56 Å². The maximum Gasteiger partial charge on any atom is 0.264 e. The number of benzene rings is 3. The molecule has 0 unspecified atom stereocenters. The number of aromatic nitrogens is 1. The van der Waals surface area contributed by atoms with Crippen LogP contribution >= 0.6 is 0 Å². The molecule has 1 aromatic heterocycles. The Kier molecular flexibility index (Phi) is 5.42. The zero-order valence-corrected chi connectivity index (χ0v) is 17.6. The minimum atomic E-state index is -3.78. The van der Waals surface area contributed by atoms with Crippen LogP contribution in [0.25, 0.3) is 11.5 Å². The molecule has 0 amide bonds. The summed E-state index contributed by atoms with van der Waals surface area (Å²) in [5, 5.41) is 0. The molecule has 0 N–H and O–H groups in total. The van der Waals surface area contributed by atoms with E-state index in [-0.39, 0.29) is 11.4 Å². The third kappa shape index (κ3) is 4.00. The molecule has 0 bridgehead atoms. The Hall–Kier alpha value is -3.38. The van der Waals surface area contributed by atoms with Crippen molar-refractivity contribution in [3.05, 3.63) is 102 Å². The van der Waals surface area contributed by atoms with Gasteiger partial charge < -0.3 is 4.42 Å². The van der Waals surface area contributed by atoms with Crippen LogP contribution in [0.5, 0.6) is 0 Å². The summed E-state index contributed by atoms with van der Waals surface area (Å²) in [7, 11) is -3.78. The molecule has 0 aliphatic rings. The summed E-state index contributed by atoms with van der Waals surface area (Å²) in [5.74, 6) is 1.07. The second kappa shape index (κ2) is 8.16. The van der Waals surface area contributed by atoms with Crippen molar-refractivity contribution in [3.63, 3.8) is 0 Å².